The topological polar surface area (TPSA) is 102 Å². The Bertz CT molecular complexity index is 1800. The zero-order valence-electron chi connectivity index (χ0n) is 24.2. The van der Waals surface area contributed by atoms with Crippen molar-refractivity contribution in [3.63, 3.8) is 0 Å². The van der Waals surface area contributed by atoms with Gasteiger partial charge in [-0.1, -0.05) is 49.9 Å². The minimum Gasteiger partial charge on any atom is -0.406 e. The Labute approximate surface area is 259 Å². The van der Waals surface area contributed by atoms with Gasteiger partial charge in [-0.05, 0) is 78.1 Å². The first kappa shape index (κ1) is 31.4. The molecule has 1 N–H and O–H groups in total. The Balaban J connectivity index is 1.25. The predicted octanol–water partition coefficient (Wildman–Crippen LogP) is 7.58. The second-order valence-electron chi connectivity index (χ2n) is 10.2. The number of ether oxygens (including phenoxy) is 1. The lowest BCUT2D eigenvalue weighted by atomic mass is 9.99. The normalized spacial score (nSPS) is 14.6. The number of aryl methyl sites for hydroxylation is 1. The average Bonchev–Trinajstić information content (AvgIpc) is 3.59. The Hall–Kier alpha value is -4.98. The summed E-state index contributed by atoms with van der Waals surface area (Å²) in [6.45, 7) is 5.94. The van der Waals surface area contributed by atoms with Gasteiger partial charge in [-0.15, -0.1) is 18.3 Å². The van der Waals surface area contributed by atoms with Gasteiger partial charge in [0.05, 0.1) is 22.8 Å². The smallest absolute Gasteiger partial charge is 0.406 e. The molecule has 9 nitrogen and oxygen atoms in total. The van der Waals surface area contributed by atoms with Crippen LogP contribution in [0.3, 0.4) is 0 Å². The number of halogens is 4. The molecule has 1 aliphatic rings. The van der Waals surface area contributed by atoms with Crippen LogP contribution in [-0.4, -0.2) is 44.0 Å². The Morgan fingerprint density at radius 1 is 1.09 bits per heavy atom. The molecule has 4 aromatic rings. The van der Waals surface area contributed by atoms with E-state index in [0.717, 1.165) is 35.0 Å². The number of alkyl halides is 3. The molecule has 232 valence electrons. The van der Waals surface area contributed by atoms with E-state index in [1.54, 1.807) is 12.1 Å². The fourth-order valence-electron chi connectivity index (χ4n) is 4.43. The van der Waals surface area contributed by atoms with Crippen molar-refractivity contribution >= 4 is 52.4 Å². The van der Waals surface area contributed by atoms with Gasteiger partial charge in [-0.2, -0.15) is 4.99 Å². The molecule has 3 amide bonds. The number of carbonyl (C=O) groups is 2. The number of benzene rings is 3. The quantitative estimate of drug-likeness (QED) is 0.210. The van der Waals surface area contributed by atoms with E-state index in [4.69, 9.17) is 0 Å². The summed E-state index contributed by atoms with van der Waals surface area (Å²) in [4.78, 5) is 35.2. The molecule has 1 aromatic heterocycles. The second-order valence-corrected chi connectivity index (χ2v) is 11.2. The summed E-state index contributed by atoms with van der Waals surface area (Å²) in [7, 11) is 0. The summed E-state index contributed by atoms with van der Waals surface area (Å²) in [5.41, 5.74) is 3.37. The number of nitrogens with one attached hydrogen (secondary N) is 1. The van der Waals surface area contributed by atoms with Crippen molar-refractivity contribution in [1.29, 1.82) is 0 Å². The number of anilines is 2. The molecule has 0 aliphatic carbocycles. The van der Waals surface area contributed by atoms with Gasteiger partial charge in [-0.3, -0.25) is 9.69 Å². The molecule has 0 radical (unpaired) electrons. The lowest BCUT2D eigenvalue weighted by molar-refractivity contribution is -0.274. The van der Waals surface area contributed by atoms with Crippen LogP contribution >= 0.6 is 11.8 Å². The first-order chi connectivity index (χ1) is 21.4. The molecule has 1 fully saturated rings. The maximum Gasteiger partial charge on any atom is 0.573 e. The van der Waals surface area contributed by atoms with Gasteiger partial charge in [0.2, 0.25) is 5.91 Å². The van der Waals surface area contributed by atoms with E-state index in [-0.39, 0.29) is 40.0 Å². The minimum absolute atomic E-state index is 0.0962. The van der Waals surface area contributed by atoms with Crippen molar-refractivity contribution < 1.29 is 31.9 Å². The highest BCUT2D eigenvalue weighted by atomic mass is 32.2. The fourth-order valence-corrected chi connectivity index (χ4v) is 5.29. The maximum atomic E-state index is 14.9. The molecule has 1 saturated heterocycles. The number of amides is 3. The predicted molar refractivity (Wildman–Crippen MR) is 165 cm³/mol. The Morgan fingerprint density at radius 2 is 1.84 bits per heavy atom. The van der Waals surface area contributed by atoms with Crippen LogP contribution in [-0.2, 0) is 4.79 Å². The molecular formula is C31H26F4N6O3S. The average molecular weight is 639 g/mol. The molecule has 45 heavy (non-hydrogen) atoms. The van der Waals surface area contributed by atoms with Gasteiger partial charge in [0, 0.05) is 0 Å². The van der Waals surface area contributed by atoms with Crippen LogP contribution in [0.15, 0.2) is 72.0 Å². The summed E-state index contributed by atoms with van der Waals surface area (Å²) in [5, 5.41) is 6.89. The lowest BCUT2D eigenvalue weighted by Gasteiger charge is -2.22. The molecule has 3 aromatic carbocycles. The first-order valence-electron chi connectivity index (χ1n) is 13.6. The fraction of sp³-hybridized carbons (Fsp3) is 0.194. The highest BCUT2D eigenvalue weighted by molar-refractivity contribution is 8.15. The van der Waals surface area contributed by atoms with Gasteiger partial charge in [-0.25, -0.2) is 18.9 Å². The number of thioether (sulfide) groups is 1. The monoisotopic (exact) mass is 638 g/mol. The van der Waals surface area contributed by atoms with Crippen LogP contribution in [0.5, 0.6) is 5.75 Å². The number of aromatic nitrogens is 3. The number of hydrogen-bond donors (Lipinski definition) is 1. The second kappa shape index (κ2) is 12.9. The largest absolute Gasteiger partial charge is 0.573 e. The molecule has 14 heteroatoms. The third-order valence-corrected chi connectivity index (χ3v) is 7.44. The SMILES string of the molecule is Cc1ccc(C(C)C)c(N2C(=O)CS/C2=N\C(=O)Nc2ccc(/C=C/c3ncn(-c4ccc(OC(F)(F)F)cc4)n3)cc2F)c1. The third-order valence-electron chi connectivity index (χ3n) is 6.52. The van der Waals surface area contributed by atoms with Crippen molar-refractivity contribution in [2.24, 2.45) is 4.99 Å². The Morgan fingerprint density at radius 3 is 2.53 bits per heavy atom. The van der Waals surface area contributed by atoms with Gasteiger partial charge < -0.3 is 10.1 Å². The van der Waals surface area contributed by atoms with Crippen molar-refractivity contribution in [2.75, 3.05) is 16.0 Å². The van der Waals surface area contributed by atoms with E-state index in [1.807, 2.05) is 39.0 Å². The molecule has 0 unspecified atom stereocenters. The van der Waals surface area contributed by atoms with Crippen LogP contribution in [0.4, 0.5) is 33.7 Å². The number of carbonyl (C=O) groups excluding carboxylic acids is 2. The summed E-state index contributed by atoms with van der Waals surface area (Å²) < 4.78 is 57.3. The highest BCUT2D eigenvalue weighted by Gasteiger charge is 2.33. The van der Waals surface area contributed by atoms with E-state index in [1.165, 1.54) is 46.3 Å². The number of hydrogen-bond acceptors (Lipinski definition) is 6. The minimum atomic E-state index is -4.79. The first-order valence-corrected chi connectivity index (χ1v) is 14.6. The summed E-state index contributed by atoms with van der Waals surface area (Å²) in [6, 6.07) is 14.2. The van der Waals surface area contributed by atoms with Gasteiger partial charge in [0.1, 0.15) is 17.9 Å². The van der Waals surface area contributed by atoms with Crippen LogP contribution in [0.1, 0.15) is 42.3 Å². The lowest BCUT2D eigenvalue weighted by Crippen LogP contribution is -2.31. The van der Waals surface area contributed by atoms with Crippen LogP contribution in [0.25, 0.3) is 17.8 Å². The maximum absolute atomic E-state index is 14.9. The molecule has 0 saturated carbocycles. The Kier molecular flexibility index (Phi) is 9.04. The van der Waals surface area contributed by atoms with E-state index >= 15 is 0 Å². The standard InChI is InChI=1S/C31H26F4N6O3S/c1-18(2)23-11-4-19(3)14-26(23)41-28(42)16-45-30(41)38-29(43)37-25-12-5-20(15-24(25)32)6-13-27-36-17-40(39-27)21-7-9-22(10-8-21)44-31(33,34)35/h4-15,17-18H,16H2,1-3H3,(H,37,43)/b13-6+,38-30-. The molecule has 0 bridgehead atoms. The summed E-state index contributed by atoms with van der Waals surface area (Å²) in [6.07, 6.45) is -0.333. The van der Waals surface area contributed by atoms with E-state index in [0.29, 0.717) is 16.9 Å². The van der Waals surface area contributed by atoms with Crippen LogP contribution in [0.2, 0.25) is 0 Å². The molecule has 5 rings (SSSR count). The van der Waals surface area contributed by atoms with E-state index in [9.17, 15) is 27.2 Å². The van der Waals surface area contributed by atoms with Crippen molar-refractivity contribution in [1.82, 2.24) is 14.8 Å². The number of nitrogens with zero attached hydrogens (tertiary/aromatic N) is 5. The zero-order chi connectivity index (χ0) is 32.3. The summed E-state index contributed by atoms with van der Waals surface area (Å²) >= 11 is 1.13. The molecular weight excluding hydrogens is 612 g/mol. The van der Waals surface area contributed by atoms with Gasteiger partial charge in [0.15, 0.2) is 11.0 Å². The van der Waals surface area contributed by atoms with Crippen LogP contribution in [0, 0.1) is 12.7 Å². The number of amidine groups is 1. The van der Waals surface area contributed by atoms with Crippen molar-refractivity contribution in [3.05, 3.63) is 95.3 Å². The third kappa shape index (κ3) is 7.76. The molecule has 0 spiro atoms. The summed E-state index contributed by atoms with van der Waals surface area (Å²) in [5.74, 6) is -0.750. The number of rotatable bonds is 7. The number of urea groups is 1. The molecule has 0 atom stereocenters. The van der Waals surface area contributed by atoms with Crippen LogP contribution < -0.4 is 15.0 Å². The highest BCUT2D eigenvalue weighted by Crippen LogP contribution is 2.34. The van der Waals surface area contributed by atoms with E-state index in [2.05, 4.69) is 25.1 Å². The molecule has 1 aliphatic heterocycles. The van der Waals surface area contributed by atoms with E-state index < -0.39 is 18.2 Å². The van der Waals surface area contributed by atoms with Crippen molar-refractivity contribution in [3.8, 4) is 11.4 Å². The zero-order valence-corrected chi connectivity index (χ0v) is 25.0. The number of aliphatic imine (C=N–C) groups is 1. The molecule has 2 heterocycles. The van der Waals surface area contributed by atoms with Crippen molar-refractivity contribution in [2.45, 2.75) is 33.1 Å². The van der Waals surface area contributed by atoms with Gasteiger partial charge >= 0.3 is 12.4 Å². The van der Waals surface area contributed by atoms with Gasteiger partial charge in [0.25, 0.3) is 0 Å².